The van der Waals surface area contributed by atoms with E-state index in [1.54, 1.807) is 4.90 Å². The van der Waals surface area contributed by atoms with Gasteiger partial charge in [-0.25, -0.2) is 0 Å². The van der Waals surface area contributed by atoms with Gasteiger partial charge in [0.05, 0.1) is 25.4 Å². The Labute approximate surface area is 199 Å². The van der Waals surface area contributed by atoms with Crippen molar-refractivity contribution in [3.8, 4) is 0 Å². The Morgan fingerprint density at radius 3 is 1.22 bits per heavy atom. The van der Waals surface area contributed by atoms with E-state index >= 15 is 0 Å². The Balaban J connectivity index is 0. The van der Waals surface area contributed by atoms with Crippen molar-refractivity contribution in [3.05, 3.63) is 0 Å². The van der Waals surface area contributed by atoms with E-state index < -0.39 is 62.0 Å². The fourth-order valence-corrected chi connectivity index (χ4v) is 3.66. The van der Waals surface area contributed by atoms with E-state index in [4.69, 9.17) is 15.9 Å². The Morgan fingerprint density at radius 2 is 0.906 bits per heavy atom. The van der Waals surface area contributed by atoms with Crippen LogP contribution < -0.4 is 5.73 Å². The lowest BCUT2D eigenvalue weighted by Gasteiger charge is -2.40. The molecule has 1 aliphatic rings. The molecule has 0 spiro atoms. The van der Waals surface area contributed by atoms with E-state index in [2.05, 4.69) is 0 Å². The molecule has 0 aromatic carbocycles. The van der Waals surface area contributed by atoms with E-state index in [1.165, 1.54) is 0 Å². The van der Waals surface area contributed by atoms with Crippen molar-refractivity contribution in [1.29, 1.82) is 0 Å². The van der Waals surface area contributed by atoms with Gasteiger partial charge in [0.15, 0.2) is 0 Å². The summed E-state index contributed by atoms with van der Waals surface area (Å²) in [6.45, 7) is -2.13. The summed E-state index contributed by atoms with van der Waals surface area (Å²) in [5.41, 5.74) is 5.91. The van der Waals surface area contributed by atoms with E-state index in [-0.39, 0.29) is 50.0 Å². The van der Waals surface area contributed by atoms with Gasteiger partial charge in [0.1, 0.15) is 36.6 Å². The molecular weight excluding hydrogens is 475 g/mol. The van der Waals surface area contributed by atoms with Gasteiger partial charge < -0.3 is 56.8 Å². The maximum atomic E-state index is 10.3. The topological polar surface area (TPSA) is 232 Å². The molecule has 14 heteroatoms. The Bertz CT molecular complexity index is 449. The van der Waals surface area contributed by atoms with Crippen LogP contribution in [-0.4, -0.2) is 143 Å². The Kier molecular flexibility index (Phi) is 17.9. The predicted molar refractivity (Wildman–Crippen MR) is 119 cm³/mol. The van der Waals surface area contributed by atoms with Gasteiger partial charge in [-0.05, 0) is 25.7 Å². The molecule has 1 fully saturated rings. The molecule has 1 rings (SSSR count). The quantitative estimate of drug-likeness (QED) is 0.111. The standard InChI is InChI=1S/C18H38N2O10.2ClH/c19-9-1-3-10(4-2-9)20(5-11(23)15(27)17(29)13(25)7-21)6-12(24)16(28)18(30)14(26)8-22;;/h9-18,21-30H,1-8,19H2;2*1H/t9?,10?,11-,12-,13+,14+,15+,16+,17+,18+;;/m0../s1. The van der Waals surface area contributed by atoms with Crippen LogP contribution in [0, 0.1) is 0 Å². The van der Waals surface area contributed by atoms with Crippen molar-refractivity contribution in [2.45, 2.75) is 86.6 Å². The lowest BCUT2D eigenvalue weighted by atomic mass is 9.89. The zero-order valence-electron chi connectivity index (χ0n) is 17.7. The van der Waals surface area contributed by atoms with Crippen molar-refractivity contribution < 1.29 is 51.1 Å². The van der Waals surface area contributed by atoms with Crippen LogP contribution in [0.4, 0.5) is 0 Å². The summed E-state index contributed by atoms with van der Waals surface area (Å²) in [5.74, 6) is 0. The molecule has 0 radical (unpaired) electrons. The van der Waals surface area contributed by atoms with Crippen LogP contribution >= 0.6 is 24.8 Å². The number of nitrogens with zero attached hydrogens (tertiary/aromatic N) is 1. The smallest absolute Gasteiger partial charge is 0.111 e. The molecule has 0 aromatic rings. The second-order valence-electron chi connectivity index (χ2n) is 8.12. The van der Waals surface area contributed by atoms with Gasteiger partial charge in [0.2, 0.25) is 0 Å². The first-order valence-electron chi connectivity index (χ1n) is 10.2. The van der Waals surface area contributed by atoms with Crippen molar-refractivity contribution in [2.75, 3.05) is 26.3 Å². The Morgan fingerprint density at radius 1 is 0.594 bits per heavy atom. The van der Waals surface area contributed by atoms with Gasteiger partial charge in [-0.2, -0.15) is 0 Å². The highest BCUT2D eigenvalue weighted by atomic mass is 35.5. The molecule has 0 bridgehead atoms. The van der Waals surface area contributed by atoms with Crippen molar-refractivity contribution in [3.63, 3.8) is 0 Å². The van der Waals surface area contributed by atoms with Crippen LogP contribution in [0.2, 0.25) is 0 Å². The fraction of sp³-hybridized carbons (Fsp3) is 1.00. The summed E-state index contributed by atoms with van der Waals surface area (Å²) in [6.07, 6.45) is -11.0. The molecule has 0 aromatic heterocycles. The molecule has 32 heavy (non-hydrogen) atoms. The summed E-state index contributed by atoms with van der Waals surface area (Å²) >= 11 is 0. The molecule has 1 saturated carbocycles. The van der Waals surface area contributed by atoms with E-state index in [9.17, 15) is 40.9 Å². The second kappa shape index (κ2) is 16.7. The third-order valence-corrected chi connectivity index (χ3v) is 5.75. The molecule has 0 unspecified atom stereocenters. The van der Waals surface area contributed by atoms with E-state index in [0.717, 1.165) is 0 Å². The number of halogens is 2. The zero-order chi connectivity index (χ0) is 23.0. The zero-order valence-corrected chi connectivity index (χ0v) is 19.4. The molecular formula is C18H40Cl2N2O10. The average Bonchev–Trinajstić information content (AvgIpc) is 2.75. The summed E-state index contributed by atoms with van der Waals surface area (Å²) in [6, 6.07) is -0.175. The molecule has 1 aliphatic carbocycles. The van der Waals surface area contributed by atoms with E-state index in [0.29, 0.717) is 25.7 Å². The minimum Gasteiger partial charge on any atom is -0.394 e. The minimum atomic E-state index is -1.80. The number of hydrogen-bond acceptors (Lipinski definition) is 12. The number of aliphatic hydroxyl groups is 10. The van der Waals surface area contributed by atoms with Crippen molar-refractivity contribution >= 4 is 24.8 Å². The predicted octanol–water partition coefficient (Wildman–Crippen LogP) is -4.73. The van der Waals surface area contributed by atoms with Crippen LogP contribution in [0.15, 0.2) is 0 Å². The molecule has 0 amide bonds. The monoisotopic (exact) mass is 514 g/mol. The molecule has 0 saturated heterocycles. The van der Waals surface area contributed by atoms with Crippen LogP contribution in [0.1, 0.15) is 25.7 Å². The number of nitrogens with two attached hydrogens (primary N) is 1. The molecule has 12 N–H and O–H groups in total. The average molecular weight is 515 g/mol. The van der Waals surface area contributed by atoms with Gasteiger partial charge in [-0.1, -0.05) is 0 Å². The van der Waals surface area contributed by atoms with Crippen LogP contribution in [0.3, 0.4) is 0 Å². The molecule has 0 heterocycles. The first-order chi connectivity index (χ1) is 14.0. The number of hydrogen-bond donors (Lipinski definition) is 11. The van der Waals surface area contributed by atoms with Crippen LogP contribution in [0.5, 0.6) is 0 Å². The fourth-order valence-electron chi connectivity index (χ4n) is 3.66. The number of aliphatic hydroxyl groups excluding tert-OH is 10. The van der Waals surface area contributed by atoms with Gasteiger partial charge in [-0.15, -0.1) is 24.8 Å². The summed E-state index contributed by atoms with van der Waals surface area (Å²) in [5, 5.41) is 97.2. The molecule has 12 nitrogen and oxygen atoms in total. The first-order valence-corrected chi connectivity index (χ1v) is 10.2. The van der Waals surface area contributed by atoms with Gasteiger partial charge in [0, 0.05) is 25.2 Å². The lowest BCUT2D eigenvalue weighted by molar-refractivity contribution is -0.134. The maximum absolute atomic E-state index is 10.3. The SMILES string of the molecule is Cl.Cl.NC1CCC(N(C[C@H](O)[C@@H](O)[C@H](O)[C@H](O)CO)C[C@H](O)[C@@H](O)[C@H](O)[C@H](O)CO)CC1. The highest BCUT2D eigenvalue weighted by Crippen LogP contribution is 2.24. The third kappa shape index (κ3) is 10.2. The summed E-state index contributed by atoms with van der Waals surface area (Å²) in [7, 11) is 0. The first kappa shape index (κ1) is 34.3. The maximum Gasteiger partial charge on any atom is 0.111 e. The lowest BCUT2D eigenvalue weighted by Crippen LogP contribution is -2.55. The Hall–Kier alpha value is 0.100. The molecule has 8 atom stereocenters. The summed E-state index contributed by atoms with van der Waals surface area (Å²) < 4.78 is 0. The van der Waals surface area contributed by atoms with Crippen molar-refractivity contribution in [1.82, 2.24) is 4.90 Å². The molecule has 196 valence electrons. The number of rotatable bonds is 13. The van der Waals surface area contributed by atoms with E-state index in [1.807, 2.05) is 0 Å². The largest absolute Gasteiger partial charge is 0.394 e. The van der Waals surface area contributed by atoms with Crippen molar-refractivity contribution in [2.24, 2.45) is 5.73 Å². The minimum absolute atomic E-state index is 0. The van der Waals surface area contributed by atoms with Gasteiger partial charge in [0.25, 0.3) is 0 Å². The van der Waals surface area contributed by atoms with Gasteiger partial charge in [-0.3, -0.25) is 4.90 Å². The van der Waals surface area contributed by atoms with Gasteiger partial charge >= 0.3 is 0 Å². The summed E-state index contributed by atoms with van der Waals surface area (Å²) in [4.78, 5) is 1.57. The normalized spacial score (nSPS) is 26.6. The highest BCUT2D eigenvalue weighted by molar-refractivity contribution is 5.85. The highest BCUT2D eigenvalue weighted by Gasteiger charge is 2.36. The third-order valence-electron chi connectivity index (χ3n) is 5.75. The van der Waals surface area contributed by atoms with Crippen LogP contribution in [-0.2, 0) is 0 Å². The molecule has 0 aliphatic heterocycles. The second-order valence-corrected chi connectivity index (χ2v) is 8.12. The van der Waals surface area contributed by atoms with Crippen LogP contribution in [0.25, 0.3) is 0 Å².